The Kier molecular flexibility index (Phi) is 5.76. The van der Waals surface area contributed by atoms with Crippen molar-refractivity contribution in [3.8, 4) is 23.0 Å². The van der Waals surface area contributed by atoms with Gasteiger partial charge in [-0.05, 0) is 53.8 Å². The lowest BCUT2D eigenvalue weighted by atomic mass is 10.0. The molecule has 0 aliphatic heterocycles. The SMILES string of the molecule is CCCCc1ccc(-c2ccc(C#Cc3ccc(F)nc3F)cc2)cc1. The fourth-order valence-corrected chi connectivity index (χ4v) is 2.64. The minimum Gasteiger partial charge on any atom is -0.189 e. The molecule has 0 unspecified atom stereocenters. The van der Waals surface area contributed by atoms with Crippen molar-refractivity contribution in [2.45, 2.75) is 26.2 Å². The Labute approximate surface area is 152 Å². The monoisotopic (exact) mass is 347 g/mol. The smallest absolute Gasteiger partial charge is 0.189 e. The van der Waals surface area contributed by atoms with E-state index in [0.29, 0.717) is 0 Å². The minimum atomic E-state index is -0.891. The van der Waals surface area contributed by atoms with Crippen LogP contribution in [0.15, 0.2) is 60.7 Å². The second kappa shape index (κ2) is 8.40. The van der Waals surface area contributed by atoms with E-state index in [2.05, 4.69) is 48.0 Å². The number of hydrogen-bond acceptors (Lipinski definition) is 1. The fourth-order valence-electron chi connectivity index (χ4n) is 2.64. The Morgan fingerprint density at radius 3 is 2.08 bits per heavy atom. The predicted molar refractivity (Wildman–Crippen MR) is 101 cm³/mol. The first-order valence-electron chi connectivity index (χ1n) is 8.69. The Morgan fingerprint density at radius 1 is 0.808 bits per heavy atom. The Balaban J connectivity index is 1.73. The van der Waals surface area contributed by atoms with Gasteiger partial charge in [0.2, 0.25) is 11.9 Å². The summed E-state index contributed by atoms with van der Waals surface area (Å²) in [6.07, 6.45) is 3.51. The molecule has 1 aromatic heterocycles. The highest BCUT2D eigenvalue weighted by molar-refractivity contribution is 5.64. The van der Waals surface area contributed by atoms with Crippen LogP contribution in [0.25, 0.3) is 11.1 Å². The summed E-state index contributed by atoms with van der Waals surface area (Å²) < 4.78 is 26.3. The third-order valence-electron chi connectivity index (χ3n) is 4.15. The third-order valence-corrected chi connectivity index (χ3v) is 4.15. The average Bonchev–Trinajstić information content (AvgIpc) is 2.66. The molecule has 0 bridgehead atoms. The molecule has 0 aliphatic carbocycles. The van der Waals surface area contributed by atoms with E-state index in [-0.39, 0.29) is 5.56 Å². The molecule has 0 atom stereocenters. The summed E-state index contributed by atoms with van der Waals surface area (Å²) in [5.41, 5.74) is 4.45. The van der Waals surface area contributed by atoms with Crippen LogP contribution in [-0.4, -0.2) is 4.98 Å². The molecule has 0 N–H and O–H groups in total. The van der Waals surface area contributed by atoms with Gasteiger partial charge in [0, 0.05) is 5.56 Å². The van der Waals surface area contributed by atoms with Crippen LogP contribution in [0.4, 0.5) is 8.78 Å². The number of nitrogens with zero attached hydrogens (tertiary/aromatic N) is 1. The molecule has 2 aromatic carbocycles. The number of rotatable bonds is 4. The Morgan fingerprint density at radius 2 is 1.46 bits per heavy atom. The largest absolute Gasteiger partial charge is 0.231 e. The summed E-state index contributed by atoms with van der Waals surface area (Å²) in [6.45, 7) is 2.19. The zero-order chi connectivity index (χ0) is 18.4. The van der Waals surface area contributed by atoms with E-state index in [0.717, 1.165) is 29.2 Å². The highest BCUT2D eigenvalue weighted by Crippen LogP contribution is 2.21. The number of unbranched alkanes of at least 4 members (excludes halogenated alkanes) is 1. The molecule has 26 heavy (non-hydrogen) atoms. The second-order valence-corrected chi connectivity index (χ2v) is 6.10. The number of aryl methyl sites for hydroxylation is 1. The first kappa shape index (κ1) is 17.8. The number of pyridine rings is 1. The highest BCUT2D eigenvalue weighted by Gasteiger charge is 2.02. The van der Waals surface area contributed by atoms with Gasteiger partial charge in [-0.3, -0.25) is 0 Å². The lowest BCUT2D eigenvalue weighted by Gasteiger charge is -2.04. The Hall–Kier alpha value is -2.99. The van der Waals surface area contributed by atoms with Gasteiger partial charge < -0.3 is 0 Å². The van der Waals surface area contributed by atoms with Gasteiger partial charge in [0.05, 0.1) is 5.56 Å². The fraction of sp³-hybridized carbons (Fsp3) is 0.174. The molecule has 0 fully saturated rings. The zero-order valence-electron chi connectivity index (χ0n) is 14.6. The molecule has 3 heteroatoms. The topological polar surface area (TPSA) is 12.9 Å². The van der Waals surface area contributed by atoms with Crippen molar-refractivity contribution in [2.24, 2.45) is 0 Å². The molecule has 0 saturated heterocycles. The van der Waals surface area contributed by atoms with Gasteiger partial charge in [0.25, 0.3) is 0 Å². The van der Waals surface area contributed by atoms with Crippen molar-refractivity contribution in [3.05, 3.63) is 89.2 Å². The maximum absolute atomic E-state index is 13.5. The summed E-state index contributed by atoms with van der Waals surface area (Å²) >= 11 is 0. The van der Waals surface area contributed by atoms with Gasteiger partial charge in [-0.25, -0.2) is 0 Å². The van der Waals surface area contributed by atoms with E-state index in [9.17, 15) is 8.78 Å². The number of aromatic nitrogens is 1. The maximum Gasteiger partial charge on any atom is 0.231 e. The molecular formula is C23H19F2N. The van der Waals surface area contributed by atoms with E-state index in [1.807, 2.05) is 24.3 Å². The van der Waals surface area contributed by atoms with Crippen molar-refractivity contribution < 1.29 is 8.78 Å². The van der Waals surface area contributed by atoms with Gasteiger partial charge in [0.1, 0.15) is 0 Å². The van der Waals surface area contributed by atoms with Crippen molar-refractivity contribution in [2.75, 3.05) is 0 Å². The average molecular weight is 347 g/mol. The molecule has 1 heterocycles. The van der Waals surface area contributed by atoms with Crippen LogP contribution in [0.3, 0.4) is 0 Å². The molecule has 0 spiro atoms. The highest BCUT2D eigenvalue weighted by atomic mass is 19.1. The first-order chi connectivity index (χ1) is 12.7. The van der Waals surface area contributed by atoms with Crippen molar-refractivity contribution in [1.82, 2.24) is 4.98 Å². The van der Waals surface area contributed by atoms with Gasteiger partial charge in [0.15, 0.2) is 0 Å². The van der Waals surface area contributed by atoms with E-state index < -0.39 is 11.9 Å². The summed E-state index contributed by atoms with van der Waals surface area (Å²) in [6, 6.07) is 18.8. The Bertz CT molecular complexity index is 933. The van der Waals surface area contributed by atoms with Crippen LogP contribution in [0, 0.1) is 23.7 Å². The molecular weight excluding hydrogens is 328 g/mol. The molecule has 0 aliphatic rings. The normalized spacial score (nSPS) is 10.3. The summed E-state index contributed by atoms with van der Waals surface area (Å²) in [7, 11) is 0. The van der Waals surface area contributed by atoms with Crippen LogP contribution < -0.4 is 0 Å². The van der Waals surface area contributed by atoms with Gasteiger partial charge in [-0.15, -0.1) is 0 Å². The molecule has 130 valence electrons. The molecule has 3 aromatic rings. The van der Waals surface area contributed by atoms with E-state index >= 15 is 0 Å². The van der Waals surface area contributed by atoms with Crippen LogP contribution in [-0.2, 0) is 6.42 Å². The number of halogens is 2. The van der Waals surface area contributed by atoms with Crippen LogP contribution >= 0.6 is 0 Å². The van der Waals surface area contributed by atoms with Crippen molar-refractivity contribution >= 4 is 0 Å². The summed E-state index contributed by atoms with van der Waals surface area (Å²) in [5.74, 6) is 3.83. The number of hydrogen-bond donors (Lipinski definition) is 0. The van der Waals surface area contributed by atoms with E-state index in [4.69, 9.17) is 0 Å². The molecule has 0 radical (unpaired) electrons. The second-order valence-electron chi connectivity index (χ2n) is 6.10. The van der Waals surface area contributed by atoms with E-state index in [1.54, 1.807) is 0 Å². The minimum absolute atomic E-state index is 0.0816. The van der Waals surface area contributed by atoms with Crippen molar-refractivity contribution in [1.29, 1.82) is 0 Å². The van der Waals surface area contributed by atoms with Gasteiger partial charge in [-0.2, -0.15) is 13.8 Å². The predicted octanol–water partition coefficient (Wildman–Crippen LogP) is 5.77. The molecule has 0 amide bonds. The number of benzene rings is 2. The van der Waals surface area contributed by atoms with Crippen LogP contribution in [0.1, 0.15) is 36.5 Å². The van der Waals surface area contributed by atoms with Crippen LogP contribution in [0.2, 0.25) is 0 Å². The quantitative estimate of drug-likeness (QED) is 0.431. The van der Waals surface area contributed by atoms with Crippen molar-refractivity contribution in [3.63, 3.8) is 0 Å². The molecule has 0 saturated carbocycles. The maximum atomic E-state index is 13.5. The standard InChI is InChI=1S/C23H19F2N/c1-2-3-4-17-5-10-19(11-6-17)20-12-7-18(8-13-20)9-14-21-15-16-22(24)26-23(21)25/h5-8,10-13,15-16H,2-4H2,1H3. The van der Waals surface area contributed by atoms with E-state index in [1.165, 1.54) is 24.5 Å². The summed E-state index contributed by atoms with van der Waals surface area (Å²) in [4.78, 5) is 3.13. The zero-order valence-corrected chi connectivity index (χ0v) is 14.6. The van der Waals surface area contributed by atoms with Crippen LogP contribution in [0.5, 0.6) is 0 Å². The third kappa shape index (κ3) is 4.55. The van der Waals surface area contributed by atoms with Gasteiger partial charge in [-0.1, -0.05) is 61.6 Å². The lowest BCUT2D eigenvalue weighted by Crippen LogP contribution is -1.91. The van der Waals surface area contributed by atoms with Gasteiger partial charge >= 0.3 is 0 Å². The lowest BCUT2D eigenvalue weighted by molar-refractivity contribution is 0.510. The molecule has 3 rings (SSSR count). The summed E-state index contributed by atoms with van der Waals surface area (Å²) in [5, 5.41) is 0. The molecule has 1 nitrogen and oxygen atoms in total. The first-order valence-corrected chi connectivity index (χ1v) is 8.69.